The maximum atomic E-state index is 12.8. The van der Waals surface area contributed by atoms with Crippen LogP contribution in [-0.2, 0) is 14.4 Å². The van der Waals surface area contributed by atoms with Crippen molar-refractivity contribution in [3.05, 3.63) is 53.6 Å². The summed E-state index contributed by atoms with van der Waals surface area (Å²) in [4.78, 5) is 36.0. The first-order valence-electron chi connectivity index (χ1n) is 8.02. The van der Waals surface area contributed by atoms with E-state index in [4.69, 9.17) is 0 Å². The fraction of sp³-hybridized carbons (Fsp3) is 0.211. The molecule has 1 aliphatic rings. The fourth-order valence-corrected chi connectivity index (χ4v) is 2.96. The van der Waals surface area contributed by atoms with Crippen LogP contribution in [0.1, 0.15) is 30.4 Å². The van der Waals surface area contributed by atoms with Crippen molar-refractivity contribution in [1.29, 1.82) is 0 Å². The Morgan fingerprint density at radius 1 is 1.04 bits per heavy atom. The zero-order valence-electron chi connectivity index (χ0n) is 14.1. The van der Waals surface area contributed by atoms with Gasteiger partial charge in [-0.2, -0.15) is 0 Å². The molecule has 1 unspecified atom stereocenters. The third-order valence-electron chi connectivity index (χ3n) is 4.22. The predicted molar refractivity (Wildman–Crippen MR) is 96.5 cm³/mol. The molecule has 6 heteroatoms. The van der Waals surface area contributed by atoms with E-state index in [-0.39, 0.29) is 24.1 Å². The molecule has 3 N–H and O–H groups in total. The van der Waals surface area contributed by atoms with E-state index >= 15 is 0 Å². The number of nitrogens with one attached hydrogen (secondary N) is 3. The zero-order valence-corrected chi connectivity index (χ0v) is 14.1. The minimum absolute atomic E-state index is 0.104. The van der Waals surface area contributed by atoms with Crippen molar-refractivity contribution in [3.63, 3.8) is 0 Å². The summed E-state index contributed by atoms with van der Waals surface area (Å²) in [6.45, 7) is 3.25. The van der Waals surface area contributed by atoms with Gasteiger partial charge in [0.25, 0.3) is 0 Å². The molecule has 0 radical (unpaired) electrons. The smallest absolute Gasteiger partial charge is 0.232 e. The summed E-state index contributed by atoms with van der Waals surface area (Å²) >= 11 is 0. The Bertz CT molecular complexity index is 861. The molecule has 0 saturated heterocycles. The lowest BCUT2D eigenvalue weighted by Gasteiger charge is -2.25. The minimum atomic E-state index is -0.547. The highest BCUT2D eigenvalue weighted by molar-refractivity contribution is 6.05. The van der Waals surface area contributed by atoms with Gasteiger partial charge in [0.2, 0.25) is 17.7 Å². The van der Waals surface area contributed by atoms with Crippen LogP contribution in [0.4, 0.5) is 17.1 Å². The summed E-state index contributed by atoms with van der Waals surface area (Å²) in [7, 11) is 0. The van der Waals surface area contributed by atoms with Crippen LogP contribution >= 0.6 is 0 Å². The largest absolute Gasteiger partial charge is 0.326 e. The second-order valence-corrected chi connectivity index (χ2v) is 6.04. The van der Waals surface area contributed by atoms with Crippen molar-refractivity contribution in [2.75, 3.05) is 16.0 Å². The van der Waals surface area contributed by atoms with Gasteiger partial charge in [0.1, 0.15) is 0 Å². The van der Waals surface area contributed by atoms with Crippen LogP contribution in [0, 0.1) is 6.92 Å². The van der Waals surface area contributed by atoms with Gasteiger partial charge in [-0.25, -0.2) is 0 Å². The van der Waals surface area contributed by atoms with Crippen LogP contribution in [0.2, 0.25) is 0 Å². The molecule has 0 bridgehead atoms. The Balaban J connectivity index is 1.86. The van der Waals surface area contributed by atoms with E-state index in [2.05, 4.69) is 16.0 Å². The van der Waals surface area contributed by atoms with Crippen molar-refractivity contribution >= 4 is 34.8 Å². The van der Waals surface area contributed by atoms with Crippen LogP contribution < -0.4 is 16.0 Å². The van der Waals surface area contributed by atoms with Gasteiger partial charge in [-0.1, -0.05) is 24.3 Å². The molecule has 1 heterocycles. The topological polar surface area (TPSA) is 87.3 Å². The second kappa shape index (κ2) is 6.76. The zero-order chi connectivity index (χ0) is 18.0. The third-order valence-corrected chi connectivity index (χ3v) is 4.22. The average molecular weight is 337 g/mol. The lowest BCUT2D eigenvalue weighted by Crippen LogP contribution is -2.31. The molecule has 128 valence electrons. The molecule has 2 aromatic rings. The summed E-state index contributed by atoms with van der Waals surface area (Å²) < 4.78 is 0. The van der Waals surface area contributed by atoms with Gasteiger partial charge in [-0.05, 0) is 36.2 Å². The molecule has 0 saturated carbocycles. The molecule has 1 atom stereocenters. The first-order valence-corrected chi connectivity index (χ1v) is 8.02. The van der Waals surface area contributed by atoms with Gasteiger partial charge >= 0.3 is 0 Å². The Morgan fingerprint density at radius 2 is 1.72 bits per heavy atom. The molecular weight excluding hydrogens is 318 g/mol. The molecule has 3 amide bonds. The van der Waals surface area contributed by atoms with E-state index in [1.54, 1.807) is 24.3 Å². The van der Waals surface area contributed by atoms with Gasteiger partial charge in [-0.3, -0.25) is 14.4 Å². The van der Waals surface area contributed by atoms with Crippen LogP contribution in [0.3, 0.4) is 0 Å². The maximum Gasteiger partial charge on any atom is 0.232 e. The first kappa shape index (κ1) is 16.7. The predicted octanol–water partition coefficient (Wildman–Crippen LogP) is 3.02. The highest BCUT2D eigenvalue weighted by Crippen LogP contribution is 2.33. The second-order valence-electron chi connectivity index (χ2n) is 6.04. The lowest BCUT2D eigenvalue weighted by molar-refractivity contribution is -0.123. The van der Waals surface area contributed by atoms with E-state index < -0.39 is 5.92 Å². The third kappa shape index (κ3) is 3.52. The van der Waals surface area contributed by atoms with E-state index in [1.807, 2.05) is 25.1 Å². The molecule has 2 aromatic carbocycles. The molecule has 0 fully saturated rings. The SMILES string of the molecule is CC(=O)Nc1cccc(NC(=O)C2CC(=O)Nc3ccccc32)c1C. The quantitative estimate of drug-likeness (QED) is 0.804. The molecule has 25 heavy (non-hydrogen) atoms. The number of hydrogen-bond donors (Lipinski definition) is 3. The van der Waals surface area contributed by atoms with Crippen LogP contribution in [0.5, 0.6) is 0 Å². The standard InChI is InChI=1S/C19H19N3O3/c1-11-15(20-12(2)23)8-5-9-16(11)22-19(25)14-10-18(24)21-17-7-4-3-6-13(14)17/h3-9,14H,10H2,1-2H3,(H,20,23)(H,21,24)(H,22,25). The summed E-state index contributed by atoms with van der Waals surface area (Å²) in [5.41, 5.74) is 3.49. The minimum Gasteiger partial charge on any atom is -0.326 e. The number of carbonyl (C=O) groups excluding carboxylic acids is 3. The molecule has 0 aliphatic carbocycles. The number of rotatable bonds is 3. The molecule has 0 aromatic heterocycles. The number of fused-ring (bicyclic) bond motifs is 1. The van der Waals surface area contributed by atoms with E-state index in [9.17, 15) is 14.4 Å². The molecular formula is C19H19N3O3. The van der Waals surface area contributed by atoms with E-state index in [0.29, 0.717) is 17.1 Å². The average Bonchev–Trinajstić information content (AvgIpc) is 2.57. The molecule has 6 nitrogen and oxygen atoms in total. The van der Waals surface area contributed by atoms with Crippen LogP contribution in [0.25, 0.3) is 0 Å². The Morgan fingerprint density at radius 3 is 2.44 bits per heavy atom. The Hall–Kier alpha value is -3.15. The lowest BCUT2D eigenvalue weighted by atomic mass is 9.89. The van der Waals surface area contributed by atoms with Crippen LogP contribution in [-0.4, -0.2) is 17.7 Å². The van der Waals surface area contributed by atoms with Crippen molar-refractivity contribution in [2.24, 2.45) is 0 Å². The van der Waals surface area contributed by atoms with Crippen molar-refractivity contribution < 1.29 is 14.4 Å². The normalized spacial score (nSPS) is 15.8. The van der Waals surface area contributed by atoms with Gasteiger partial charge in [0.05, 0.1) is 5.92 Å². The fourth-order valence-electron chi connectivity index (χ4n) is 2.96. The number of amides is 3. The highest BCUT2D eigenvalue weighted by atomic mass is 16.2. The van der Waals surface area contributed by atoms with Crippen molar-refractivity contribution in [2.45, 2.75) is 26.2 Å². The monoisotopic (exact) mass is 337 g/mol. The van der Waals surface area contributed by atoms with Gasteiger partial charge in [-0.15, -0.1) is 0 Å². The van der Waals surface area contributed by atoms with E-state index in [1.165, 1.54) is 6.92 Å². The molecule has 1 aliphatic heterocycles. The van der Waals surface area contributed by atoms with E-state index in [0.717, 1.165) is 11.1 Å². The number of anilines is 3. The van der Waals surface area contributed by atoms with Crippen molar-refractivity contribution in [3.8, 4) is 0 Å². The van der Waals surface area contributed by atoms with Gasteiger partial charge in [0.15, 0.2) is 0 Å². The Labute approximate surface area is 145 Å². The van der Waals surface area contributed by atoms with Gasteiger partial charge in [0, 0.05) is 30.4 Å². The summed E-state index contributed by atoms with van der Waals surface area (Å²) in [6.07, 6.45) is 0.104. The Kier molecular flexibility index (Phi) is 4.52. The van der Waals surface area contributed by atoms with Crippen molar-refractivity contribution in [1.82, 2.24) is 0 Å². The van der Waals surface area contributed by atoms with Crippen LogP contribution in [0.15, 0.2) is 42.5 Å². The summed E-state index contributed by atoms with van der Waals surface area (Å²) in [6, 6.07) is 12.6. The number of benzene rings is 2. The summed E-state index contributed by atoms with van der Waals surface area (Å²) in [5, 5.41) is 8.40. The summed E-state index contributed by atoms with van der Waals surface area (Å²) in [5.74, 6) is -1.15. The molecule has 3 rings (SSSR count). The number of carbonyl (C=O) groups is 3. The maximum absolute atomic E-state index is 12.8. The number of hydrogen-bond acceptors (Lipinski definition) is 3. The van der Waals surface area contributed by atoms with Gasteiger partial charge < -0.3 is 16.0 Å². The molecule has 0 spiro atoms. The highest BCUT2D eigenvalue weighted by Gasteiger charge is 2.30. The number of para-hydroxylation sites is 1. The first-order chi connectivity index (χ1) is 12.0.